The van der Waals surface area contributed by atoms with Crippen LogP contribution in [0.2, 0.25) is 0 Å². The van der Waals surface area contributed by atoms with E-state index in [2.05, 4.69) is 36.9 Å². The van der Waals surface area contributed by atoms with E-state index in [-0.39, 0.29) is 0 Å². The topological polar surface area (TPSA) is 12.5 Å². The predicted molar refractivity (Wildman–Crippen MR) is 110 cm³/mol. The zero-order valence-corrected chi connectivity index (χ0v) is 17.1. The van der Waals surface area contributed by atoms with Crippen LogP contribution < -0.4 is 4.74 Å². The summed E-state index contributed by atoms with van der Waals surface area (Å²) in [6.45, 7) is 8.09. The quantitative estimate of drug-likeness (QED) is 0.304. The lowest BCUT2D eigenvalue weighted by Crippen LogP contribution is -2.25. The minimum absolute atomic E-state index is 0.972. The van der Waals surface area contributed by atoms with E-state index in [4.69, 9.17) is 4.74 Å². The Kier molecular flexibility index (Phi) is 13.4. The normalized spacial score (nSPS) is 11.2. The molecule has 1 aromatic rings. The molecule has 0 aliphatic heterocycles. The Morgan fingerprint density at radius 2 is 1.32 bits per heavy atom. The van der Waals surface area contributed by atoms with E-state index in [9.17, 15) is 0 Å². The molecule has 2 nitrogen and oxygen atoms in total. The first-order valence-electron chi connectivity index (χ1n) is 10.7. The minimum atomic E-state index is 0.972. The van der Waals surface area contributed by atoms with Crippen LogP contribution in [0.5, 0.6) is 5.75 Å². The van der Waals surface area contributed by atoms with Gasteiger partial charge in [0.1, 0.15) is 5.75 Å². The Morgan fingerprint density at radius 1 is 0.760 bits per heavy atom. The van der Waals surface area contributed by atoms with Gasteiger partial charge in [-0.3, -0.25) is 4.90 Å². The van der Waals surface area contributed by atoms with Crippen molar-refractivity contribution in [3.05, 3.63) is 29.8 Å². The second-order valence-corrected chi connectivity index (χ2v) is 7.31. The van der Waals surface area contributed by atoms with Gasteiger partial charge in [-0.05, 0) is 43.6 Å². The molecule has 0 spiro atoms. The Hall–Kier alpha value is -1.02. The highest BCUT2D eigenvalue weighted by atomic mass is 16.5. The first kappa shape index (κ1) is 22.0. The van der Waals surface area contributed by atoms with Crippen LogP contribution in [0.4, 0.5) is 0 Å². The maximum atomic E-state index is 5.38. The standard InChI is InChI=1S/C23H41NO/c1-4-6-8-10-12-14-19-24(18-13-11-9-7-5-2)21-22-16-15-17-23(20-22)25-3/h15-17,20H,4-14,18-19,21H2,1-3H3. The number of hydrogen-bond donors (Lipinski definition) is 0. The Labute approximate surface area is 157 Å². The summed E-state index contributed by atoms with van der Waals surface area (Å²) in [6.07, 6.45) is 15.1. The van der Waals surface area contributed by atoms with E-state index >= 15 is 0 Å². The van der Waals surface area contributed by atoms with E-state index in [1.54, 1.807) is 7.11 Å². The molecule has 144 valence electrons. The molecule has 1 rings (SSSR count). The van der Waals surface area contributed by atoms with Crippen molar-refractivity contribution in [3.63, 3.8) is 0 Å². The van der Waals surface area contributed by atoms with Crippen molar-refractivity contribution in [1.82, 2.24) is 4.90 Å². The fraction of sp³-hybridized carbons (Fsp3) is 0.739. The molecule has 1 aromatic carbocycles. The minimum Gasteiger partial charge on any atom is -0.497 e. The smallest absolute Gasteiger partial charge is 0.119 e. The molecule has 0 heterocycles. The van der Waals surface area contributed by atoms with Gasteiger partial charge in [0.05, 0.1) is 7.11 Å². The van der Waals surface area contributed by atoms with Crippen LogP contribution in [0.15, 0.2) is 24.3 Å². The molecule has 0 saturated carbocycles. The number of ether oxygens (including phenoxy) is 1. The summed E-state index contributed by atoms with van der Waals surface area (Å²) in [6, 6.07) is 8.56. The van der Waals surface area contributed by atoms with Crippen molar-refractivity contribution in [2.45, 2.75) is 91.0 Å². The van der Waals surface area contributed by atoms with Gasteiger partial charge in [0.15, 0.2) is 0 Å². The van der Waals surface area contributed by atoms with Crippen LogP contribution in [-0.2, 0) is 6.54 Å². The monoisotopic (exact) mass is 347 g/mol. The molecule has 0 aromatic heterocycles. The van der Waals surface area contributed by atoms with Crippen LogP contribution >= 0.6 is 0 Å². The molecule has 0 atom stereocenters. The zero-order valence-electron chi connectivity index (χ0n) is 17.1. The highest BCUT2D eigenvalue weighted by molar-refractivity contribution is 5.28. The second kappa shape index (κ2) is 15.3. The maximum absolute atomic E-state index is 5.38. The van der Waals surface area contributed by atoms with Crippen LogP contribution in [0, 0.1) is 0 Å². The van der Waals surface area contributed by atoms with Crippen LogP contribution in [0.1, 0.15) is 90.0 Å². The van der Waals surface area contributed by atoms with Crippen LogP contribution in [0.3, 0.4) is 0 Å². The van der Waals surface area contributed by atoms with Gasteiger partial charge in [-0.1, -0.05) is 83.8 Å². The summed E-state index contributed by atoms with van der Waals surface area (Å²) in [5, 5.41) is 0. The van der Waals surface area contributed by atoms with Crippen molar-refractivity contribution < 1.29 is 4.74 Å². The predicted octanol–water partition coefficient (Wildman–Crippen LogP) is 6.83. The molecule has 0 amide bonds. The van der Waals surface area contributed by atoms with E-state index < -0.39 is 0 Å². The summed E-state index contributed by atoms with van der Waals surface area (Å²) < 4.78 is 5.38. The molecule has 0 bridgehead atoms. The van der Waals surface area contributed by atoms with Crippen molar-refractivity contribution in [3.8, 4) is 5.75 Å². The number of unbranched alkanes of at least 4 members (excludes halogenated alkanes) is 9. The Balaban J connectivity index is 2.40. The lowest BCUT2D eigenvalue weighted by atomic mass is 10.1. The number of methoxy groups -OCH3 is 1. The molecule has 0 aliphatic carbocycles. The molecular weight excluding hydrogens is 306 g/mol. The SMILES string of the molecule is CCCCCCCCN(CCCCCCC)Cc1cccc(OC)c1. The highest BCUT2D eigenvalue weighted by Crippen LogP contribution is 2.16. The summed E-state index contributed by atoms with van der Waals surface area (Å²) >= 11 is 0. The number of hydrogen-bond acceptors (Lipinski definition) is 2. The van der Waals surface area contributed by atoms with Gasteiger partial charge >= 0.3 is 0 Å². The summed E-state index contributed by atoms with van der Waals surface area (Å²) in [4.78, 5) is 2.65. The molecule has 0 saturated heterocycles. The average Bonchev–Trinajstić information content (AvgIpc) is 2.64. The van der Waals surface area contributed by atoms with Gasteiger partial charge in [0, 0.05) is 6.54 Å². The largest absolute Gasteiger partial charge is 0.497 e. The number of benzene rings is 1. The molecule has 0 unspecified atom stereocenters. The highest BCUT2D eigenvalue weighted by Gasteiger charge is 2.07. The van der Waals surface area contributed by atoms with Crippen molar-refractivity contribution in [1.29, 1.82) is 0 Å². The third-order valence-electron chi connectivity index (χ3n) is 4.95. The molecule has 0 N–H and O–H groups in total. The lowest BCUT2D eigenvalue weighted by molar-refractivity contribution is 0.252. The second-order valence-electron chi connectivity index (χ2n) is 7.31. The molecule has 0 aliphatic rings. The Morgan fingerprint density at radius 3 is 1.88 bits per heavy atom. The molecular formula is C23H41NO. The lowest BCUT2D eigenvalue weighted by Gasteiger charge is -2.23. The Bertz CT molecular complexity index is 418. The fourth-order valence-corrected chi connectivity index (χ4v) is 3.35. The number of nitrogens with zero attached hydrogens (tertiary/aromatic N) is 1. The van der Waals surface area contributed by atoms with Crippen molar-refractivity contribution >= 4 is 0 Å². The average molecular weight is 348 g/mol. The van der Waals surface area contributed by atoms with Crippen molar-refractivity contribution in [2.75, 3.05) is 20.2 Å². The third-order valence-corrected chi connectivity index (χ3v) is 4.95. The van der Waals surface area contributed by atoms with Gasteiger partial charge in [-0.2, -0.15) is 0 Å². The van der Waals surface area contributed by atoms with Gasteiger partial charge in [-0.15, -0.1) is 0 Å². The van der Waals surface area contributed by atoms with E-state index in [0.29, 0.717) is 0 Å². The fourth-order valence-electron chi connectivity index (χ4n) is 3.35. The molecule has 0 radical (unpaired) electrons. The maximum Gasteiger partial charge on any atom is 0.119 e. The summed E-state index contributed by atoms with van der Waals surface area (Å²) in [7, 11) is 1.75. The number of rotatable bonds is 16. The molecule has 0 fully saturated rings. The molecule has 2 heteroatoms. The van der Waals surface area contributed by atoms with Crippen LogP contribution in [0.25, 0.3) is 0 Å². The van der Waals surface area contributed by atoms with Gasteiger partial charge in [0.25, 0.3) is 0 Å². The first-order valence-corrected chi connectivity index (χ1v) is 10.7. The van der Waals surface area contributed by atoms with Gasteiger partial charge < -0.3 is 4.74 Å². The molecule has 25 heavy (non-hydrogen) atoms. The van der Waals surface area contributed by atoms with Crippen LogP contribution in [-0.4, -0.2) is 25.1 Å². The van der Waals surface area contributed by atoms with Crippen molar-refractivity contribution in [2.24, 2.45) is 0 Å². The van der Waals surface area contributed by atoms with E-state index in [0.717, 1.165) is 12.3 Å². The van der Waals surface area contributed by atoms with E-state index in [1.165, 1.54) is 89.3 Å². The summed E-state index contributed by atoms with van der Waals surface area (Å²) in [5.74, 6) is 0.972. The first-order chi connectivity index (χ1) is 12.3. The van der Waals surface area contributed by atoms with Gasteiger partial charge in [0.2, 0.25) is 0 Å². The summed E-state index contributed by atoms with van der Waals surface area (Å²) in [5.41, 5.74) is 1.37. The van der Waals surface area contributed by atoms with E-state index in [1.807, 2.05) is 6.07 Å². The third kappa shape index (κ3) is 11.3. The van der Waals surface area contributed by atoms with Gasteiger partial charge in [-0.25, -0.2) is 0 Å². The zero-order chi connectivity index (χ0) is 18.2.